The molecule has 1 N–H and O–H groups in total. The van der Waals surface area contributed by atoms with Crippen molar-refractivity contribution in [2.75, 3.05) is 27.2 Å². The van der Waals surface area contributed by atoms with E-state index in [1.165, 1.54) is 48.2 Å². The van der Waals surface area contributed by atoms with E-state index in [4.69, 9.17) is 0 Å². The van der Waals surface area contributed by atoms with E-state index in [1.54, 1.807) is 0 Å². The molecule has 0 bridgehead atoms. The van der Waals surface area contributed by atoms with E-state index in [-0.39, 0.29) is 0 Å². The number of hydrogen-bond donors (Lipinski definition) is 1. The standard InChI is InChI=1S/C20H28N2S/c1-22(2)13-3-5-16-7-9-17(10-8-16)18-11-12-21-19(15-18)20-6-4-14-23-20/h4,6-10,14,18-19,21H,3,5,11-13,15H2,1-2H3. The highest BCUT2D eigenvalue weighted by molar-refractivity contribution is 7.10. The molecule has 0 aliphatic carbocycles. The van der Waals surface area contributed by atoms with Gasteiger partial charge in [0, 0.05) is 10.9 Å². The van der Waals surface area contributed by atoms with Crippen LogP contribution in [0.25, 0.3) is 0 Å². The number of hydrogen-bond acceptors (Lipinski definition) is 3. The Morgan fingerprint density at radius 3 is 2.70 bits per heavy atom. The Hall–Kier alpha value is -1.16. The highest BCUT2D eigenvalue weighted by Crippen LogP contribution is 2.35. The van der Waals surface area contributed by atoms with Crippen molar-refractivity contribution in [1.29, 1.82) is 0 Å². The first kappa shape index (κ1) is 16.7. The number of thiophene rings is 1. The van der Waals surface area contributed by atoms with Crippen LogP contribution in [0.2, 0.25) is 0 Å². The van der Waals surface area contributed by atoms with Crippen molar-refractivity contribution in [3.63, 3.8) is 0 Å². The molecule has 0 radical (unpaired) electrons. The zero-order valence-electron chi connectivity index (χ0n) is 14.3. The molecule has 0 saturated carbocycles. The summed E-state index contributed by atoms with van der Waals surface area (Å²) in [4.78, 5) is 3.74. The van der Waals surface area contributed by atoms with Crippen LogP contribution in [0.15, 0.2) is 41.8 Å². The van der Waals surface area contributed by atoms with E-state index >= 15 is 0 Å². The molecule has 3 heteroatoms. The predicted molar refractivity (Wildman–Crippen MR) is 100 cm³/mol. The quantitative estimate of drug-likeness (QED) is 0.843. The summed E-state index contributed by atoms with van der Waals surface area (Å²) in [6, 6.07) is 14.4. The van der Waals surface area contributed by atoms with Crippen LogP contribution in [0, 0.1) is 0 Å². The number of aryl methyl sites for hydroxylation is 1. The fraction of sp³-hybridized carbons (Fsp3) is 0.500. The molecule has 124 valence electrons. The van der Waals surface area contributed by atoms with E-state index < -0.39 is 0 Å². The predicted octanol–water partition coefficient (Wildman–Crippen LogP) is 4.45. The lowest BCUT2D eigenvalue weighted by Crippen LogP contribution is -2.30. The molecule has 1 aromatic heterocycles. The van der Waals surface area contributed by atoms with Gasteiger partial charge in [-0.2, -0.15) is 0 Å². The smallest absolute Gasteiger partial charge is 0.0420 e. The van der Waals surface area contributed by atoms with Gasteiger partial charge in [0.15, 0.2) is 0 Å². The first-order chi connectivity index (χ1) is 11.2. The monoisotopic (exact) mass is 328 g/mol. The summed E-state index contributed by atoms with van der Waals surface area (Å²) in [6.07, 6.45) is 4.89. The van der Waals surface area contributed by atoms with Crippen molar-refractivity contribution in [3.8, 4) is 0 Å². The van der Waals surface area contributed by atoms with Crippen LogP contribution in [0.4, 0.5) is 0 Å². The van der Waals surface area contributed by atoms with E-state index in [2.05, 4.69) is 66.1 Å². The molecule has 2 aromatic rings. The van der Waals surface area contributed by atoms with Gasteiger partial charge in [0.2, 0.25) is 0 Å². The van der Waals surface area contributed by atoms with Crippen molar-refractivity contribution in [2.24, 2.45) is 0 Å². The third-order valence-electron chi connectivity index (χ3n) is 4.81. The van der Waals surface area contributed by atoms with Crippen molar-refractivity contribution in [3.05, 3.63) is 57.8 Å². The SMILES string of the molecule is CN(C)CCCc1ccc(C2CCNC(c3cccs3)C2)cc1. The van der Waals surface area contributed by atoms with Crippen LogP contribution in [-0.4, -0.2) is 32.1 Å². The summed E-state index contributed by atoms with van der Waals surface area (Å²) >= 11 is 1.87. The second-order valence-electron chi connectivity index (χ2n) is 6.89. The highest BCUT2D eigenvalue weighted by atomic mass is 32.1. The minimum atomic E-state index is 0.536. The number of nitrogens with zero attached hydrogens (tertiary/aromatic N) is 1. The Balaban J connectivity index is 1.58. The van der Waals surface area contributed by atoms with Crippen molar-refractivity contribution >= 4 is 11.3 Å². The molecular formula is C20H28N2S. The molecule has 2 heterocycles. The van der Waals surface area contributed by atoms with Crippen LogP contribution in [0.1, 0.15) is 47.2 Å². The molecule has 1 saturated heterocycles. The summed E-state index contributed by atoms with van der Waals surface area (Å²) in [5.74, 6) is 0.694. The van der Waals surface area contributed by atoms with Crippen LogP contribution in [0.3, 0.4) is 0 Å². The first-order valence-corrected chi connectivity index (χ1v) is 9.60. The van der Waals surface area contributed by atoms with Gasteiger partial charge in [0.25, 0.3) is 0 Å². The summed E-state index contributed by atoms with van der Waals surface area (Å²) < 4.78 is 0. The average molecular weight is 329 g/mol. The van der Waals surface area contributed by atoms with E-state index in [9.17, 15) is 0 Å². The molecule has 1 fully saturated rings. The Labute approximate surface area is 144 Å². The van der Waals surface area contributed by atoms with Crippen molar-refractivity contribution in [1.82, 2.24) is 10.2 Å². The molecule has 1 aromatic carbocycles. The van der Waals surface area contributed by atoms with Gasteiger partial charge in [-0.1, -0.05) is 30.3 Å². The Bertz CT molecular complexity index is 574. The Kier molecular flexibility index (Phi) is 5.87. The molecule has 2 atom stereocenters. The minimum absolute atomic E-state index is 0.536. The largest absolute Gasteiger partial charge is 0.309 e. The zero-order chi connectivity index (χ0) is 16.1. The van der Waals surface area contributed by atoms with E-state index in [0.29, 0.717) is 12.0 Å². The third-order valence-corrected chi connectivity index (χ3v) is 5.80. The summed E-state index contributed by atoms with van der Waals surface area (Å²) in [5, 5.41) is 5.86. The fourth-order valence-corrected chi connectivity index (χ4v) is 4.30. The molecule has 3 rings (SSSR count). The second kappa shape index (κ2) is 8.09. The maximum absolute atomic E-state index is 3.68. The lowest BCUT2D eigenvalue weighted by molar-refractivity contribution is 0.373. The van der Waals surface area contributed by atoms with Gasteiger partial charge in [-0.3, -0.25) is 0 Å². The molecule has 2 nitrogen and oxygen atoms in total. The molecule has 2 unspecified atom stereocenters. The Morgan fingerprint density at radius 2 is 2.00 bits per heavy atom. The maximum atomic E-state index is 3.68. The summed E-state index contributed by atoms with van der Waals surface area (Å²) in [6.45, 7) is 2.29. The topological polar surface area (TPSA) is 15.3 Å². The lowest BCUT2D eigenvalue weighted by atomic mass is 9.85. The molecule has 1 aliphatic heterocycles. The second-order valence-corrected chi connectivity index (χ2v) is 7.87. The van der Waals surface area contributed by atoms with E-state index in [0.717, 1.165) is 6.54 Å². The summed E-state index contributed by atoms with van der Waals surface area (Å²) in [5.41, 5.74) is 2.99. The molecule has 0 amide bonds. The van der Waals surface area contributed by atoms with Crippen LogP contribution >= 0.6 is 11.3 Å². The molecule has 1 aliphatic rings. The van der Waals surface area contributed by atoms with Crippen LogP contribution in [-0.2, 0) is 6.42 Å². The normalized spacial score (nSPS) is 21.7. The van der Waals surface area contributed by atoms with Crippen molar-refractivity contribution in [2.45, 2.75) is 37.6 Å². The summed E-state index contributed by atoms with van der Waals surface area (Å²) in [7, 11) is 4.29. The highest BCUT2D eigenvalue weighted by Gasteiger charge is 2.24. The van der Waals surface area contributed by atoms with Gasteiger partial charge in [0.05, 0.1) is 0 Å². The van der Waals surface area contributed by atoms with Gasteiger partial charge in [0.1, 0.15) is 0 Å². The minimum Gasteiger partial charge on any atom is -0.309 e. The third kappa shape index (κ3) is 4.66. The van der Waals surface area contributed by atoms with Gasteiger partial charge in [-0.25, -0.2) is 0 Å². The Morgan fingerprint density at radius 1 is 1.17 bits per heavy atom. The lowest BCUT2D eigenvalue weighted by Gasteiger charge is -2.30. The first-order valence-electron chi connectivity index (χ1n) is 8.73. The van der Waals surface area contributed by atoms with Gasteiger partial charge < -0.3 is 10.2 Å². The number of rotatable bonds is 6. The fourth-order valence-electron chi connectivity index (χ4n) is 3.48. The molecule has 23 heavy (non-hydrogen) atoms. The van der Waals surface area contributed by atoms with Crippen LogP contribution < -0.4 is 5.32 Å². The van der Waals surface area contributed by atoms with Gasteiger partial charge >= 0.3 is 0 Å². The van der Waals surface area contributed by atoms with Gasteiger partial charge in [-0.15, -0.1) is 11.3 Å². The van der Waals surface area contributed by atoms with Gasteiger partial charge in [-0.05, 0) is 81.4 Å². The number of benzene rings is 1. The van der Waals surface area contributed by atoms with E-state index in [1.807, 2.05) is 11.3 Å². The van der Waals surface area contributed by atoms with Crippen molar-refractivity contribution < 1.29 is 0 Å². The molecule has 0 spiro atoms. The van der Waals surface area contributed by atoms with Crippen LogP contribution in [0.5, 0.6) is 0 Å². The molecular weight excluding hydrogens is 300 g/mol. The zero-order valence-corrected chi connectivity index (χ0v) is 15.1. The number of piperidine rings is 1. The average Bonchev–Trinajstić information content (AvgIpc) is 3.10. The maximum Gasteiger partial charge on any atom is 0.0420 e. The number of nitrogens with one attached hydrogen (secondary N) is 1.